The van der Waals surface area contributed by atoms with E-state index in [1.54, 1.807) is 19.1 Å². The highest BCUT2D eigenvalue weighted by Crippen LogP contribution is 2.20. The van der Waals surface area contributed by atoms with Crippen molar-refractivity contribution in [3.05, 3.63) is 39.4 Å². The van der Waals surface area contributed by atoms with Crippen molar-refractivity contribution in [1.29, 1.82) is 0 Å². The molecule has 5 nitrogen and oxygen atoms in total. The summed E-state index contributed by atoms with van der Waals surface area (Å²) in [4.78, 5) is 22.7. The van der Waals surface area contributed by atoms with E-state index in [0.29, 0.717) is 11.2 Å². The molecule has 1 atom stereocenters. The maximum absolute atomic E-state index is 12.2. The number of amides is 1. The molecule has 0 fully saturated rings. The van der Waals surface area contributed by atoms with E-state index in [9.17, 15) is 14.9 Å². The number of alkyl halides is 1. The molecule has 0 aliphatic rings. The summed E-state index contributed by atoms with van der Waals surface area (Å²) in [5.74, 6) is 0.0378. The van der Waals surface area contributed by atoms with Crippen LogP contribution in [0.4, 0.5) is 5.69 Å². The number of aryl methyl sites for hydroxylation is 1. The lowest BCUT2D eigenvalue weighted by Gasteiger charge is -2.18. The molecule has 6 heteroatoms. The summed E-state index contributed by atoms with van der Waals surface area (Å²) in [6, 6.07) is 4.51. The molecule has 0 aromatic heterocycles. The van der Waals surface area contributed by atoms with Gasteiger partial charge in [-0.3, -0.25) is 14.9 Å². The Bertz CT molecular complexity index is 503. The highest BCUT2D eigenvalue weighted by atomic mass is 79.9. The fourth-order valence-electron chi connectivity index (χ4n) is 1.98. The van der Waals surface area contributed by atoms with E-state index in [4.69, 9.17) is 0 Å². The van der Waals surface area contributed by atoms with Gasteiger partial charge in [-0.15, -0.1) is 0 Å². The molecule has 0 spiro atoms. The summed E-state index contributed by atoms with van der Waals surface area (Å²) in [5, 5.41) is 14.5. The van der Waals surface area contributed by atoms with Crippen molar-refractivity contribution in [3.8, 4) is 0 Å². The maximum Gasteiger partial charge on any atom is 0.282 e. The molecule has 1 unspecified atom stereocenters. The Kier molecular flexibility index (Phi) is 6.13. The first-order valence-corrected chi connectivity index (χ1v) is 7.59. The van der Waals surface area contributed by atoms with Gasteiger partial charge in [-0.25, -0.2) is 0 Å². The van der Waals surface area contributed by atoms with Crippen molar-refractivity contribution < 1.29 is 9.72 Å². The van der Waals surface area contributed by atoms with Crippen molar-refractivity contribution >= 4 is 27.5 Å². The first kappa shape index (κ1) is 16.6. The zero-order chi connectivity index (χ0) is 15.3. The number of benzene rings is 1. The van der Waals surface area contributed by atoms with Gasteiger partial charge in [0.2, 0.25) is 0 Å². The third-order valence-electron chi connectivity index (χ3n) is 2.87. The fourth-order valence-corrected chi connectivity index (χ4v) is 2.41. The number of hydrogen-bond acceptors (Lipinski definition) is 3. The summed E-state index contributed by atoms with van der Waals surface area (Å²) in [5.41, 5.74) is 0.774. The largest absolute Gasteiger partial charge is 0.348 e. The normalized spacial score (nSPS) is 12.2. The molecular weight excluding hydrogens is 324 g/mol. The molecule has 1 amide bonds. The van der Waals surface area contributed by atoms with Crippen LogP contribution in [-0.2, 0) is 0 Å². The number of nitro benzene ring substituents is 1. The quantitative estimate of drug-likeness (QED) is 0.489. The molecular formula is C14H19BrN2O3. The van der Waals surface area contributed by atoms with Gasteiger partial charge in [0.05, 0.1) is 4.92 Å². The van der Waals surface area contributed by atoms with Gasteiger partial charge in [0.1, 0.15) is 5.56 Å². The van der Waals surface area contributed by atoms with Crippen LogP contribution in [-0.4, -0.2) is 22.2 Å². The third-order valence-corrected chi connectivity index (χ3v) is 3.65. The predicted octanol–water partition coefficient (Wildman–Crippen LogP) is 3.44. The second-order valence-corrected chi connectivity index (χ2v) is 5.88. The number of halogens is 1. The SMILES string of the molecule is Cc1ccc([N+](=O)[O-])c(C(=O)NC(CBr)CC(C)C)c1. The number of carbonyl (C=O) groups is 1. The number of hydrogen-bond donors (Lipinski definition) is 1. The molecule has 1 rings (SSSR count). The lowest BCUT2D eigenvalue weighted by Crippen LogP contribution is -2.37. The molecule has 0 heterocycles. The van der Waals surface area contributed by atoms with Crippen molar-refractivity contribution in [2.24, 2.45) is 5.92 Å². The molecule has 0 saturated carbocycles. The van der Waals surface area contributed by atoms with Gasteiger partial charge in [-0.1, -0.05) is 35.8 Å². The maximum atomic E-state index is 12.2. The molecule has 0 bridgehead atoms. The standard InChI is InChI=1S/C14H19BrN2O3/c1-9(2)6-11(8-15)16-14(18)12-7-10(3)4-5-13(12)17(19)20/h4-5,7,9,11H,6,8H2,1-3H3,(H,16,18). The van der Waals surface area contributed by atoms with E-state index in [1.165, 1.54) is 6.07 Å². The van der Waals surface area contributed by atoms with Crippen molar-refractivity contribution in [2.75, 3.05) is 5.33 Å². The predicted molar refractivity (Wildman–Crippen MR) is 82.3 cm³/mol. The summed E-state index contributed by atoms with van der Waals surface area (Å²) in [6.07, 6.45) is 0.816. The molecule has 1 N–H and O–H groups in total. The Morgan fingerprint density at radius 1 is 1.45 bits per heavy atom. The Morgan fingerprint density at radius 2 is 2.10 bits per heavy atom. The molecule has 1 aromatic carbocycles. The zero-order valence-electron chi connectivity index (χ0n) is 11.9. The Hall–Kier alpha value is -1.43. The fraction of sp³-hybridized carbons (Fsp3) is 0.500. The Morgan fingerprint density at radius 3 is 2.60 bits per heavy atom. The smallest absolute Gasteiger partial charge is 0.282 e. The Balaban J connectivity index is 2.96. The minimum atomic E-state index is -0.528. The van der Waals surface area contributed by atoms with Crippen molar-refractivity contribution in [1.82, 2.24) is 5.32 Å². The lowest BCUT2D eigenvalue weighted by molar-refractivity contribution is -0.385. The van der Waals surface area contributed by atoms with Crippen LogP contribution in [0.2, 0.25) is 0 Å². The number of nitrogens with zero attached hydrogens (tertiary/aromatic N) is 1. The van der Waals surface area contributed by atoms with Crippen LogP contribution in [0.3, 0.4) is 0 Å². The van der Waals surface area contributed by atoms with Crippen LogP contribution in [0.25, 0.3) is 0 Å². The summed E-state index contributed by atoms with van der Waals surface area (Å²) < 4.78 is 0. The van der Waals surface area contributed by atoms with E-state index < -0.39 is 10.8 Å². The molecule has 1 aromatic rings. The first-order chi connectivity index (χ1) is 9.35. The molecule has 110 valence electrons. The topological polar surface area (TPSA) is 72.2 Å². The molecule has 0 aliphatic carbocycles. The van der Waals surface area contributed by atoms with E-state index >= 15 is 0 Å². The number of rotatable bonds is 6. The molecule has 0 saturated heterocycles. The average Bonchev–Trinajstić information content (AvgIpc) is 2.36. The highest BCUT2D eigenvalue weighted by Gasteiger charge is 2.22. The third kappa shape index (κ3) is 4.59. The van der Waals surface area contributed by atoms with Gasteiger partial charge in [0.15, 0.2) is 0 Å². The van der Waals surface area contributed by atoms with Gasteiger partial charge < -0.3 is 5.32 Å². The van der Waals surface area contributed by atoms with Crippen LogP contribution in [0, 0.1) is 23.0 Å². The Labute approximate surface area is 127 Å². The van der Waals surface area contributed by atoms with Crippen LogP contribution >= 0.6 is 15.9 Å². The van der Waals surface area contributed by atoms with E-state index in [0.717, 1.165) is 12.0 Å². The van der Waals surface area contributed by atoms with Crippen LogP contribution in [0.5, 0.6) is 0 Å². The summed E-state index contributed by atoms with van der Waals surface area (Å²) >= 11 is 3.36. The van der Waals surface area contributed by atoms with Crippen LogP contribution in [0.1, 0.15) is 36.2 Å². The minimum Gasteiger partial charge on any atom is -0.348 e. The average molecular weight is 343 g/mol. The lowest BCUT2D eigenvalue weighted by atomic mass is 10.0. The van der Waals surface area contributed by atoms with Crippen molar-refractivity contribution in [2.45, 2.75) is 33.2 Å². The minimum absolute atomic E-state index is 0.0392. The van der Waals surface area contributed by atoms with Crippen LogP contribution in [0.15, 0.2) is 18.2 Å². The van der Waals surface area contributed by atoms with Gasteiger partial charge in [0.25, 0.3) is 11.6 Å². The number of carbonyl (C=O) groups excluding carboxylic acids is 1. The van der Waals surface area contributed by atoms with E-state index in [2.05, 4.69) is 35.1 Å². The van der Waals surface area contributed by atoms with E-state index in [1.807, 2.05) is 0 Å². The first-order valence-electron chi connectivity index (χ1n) is 6.47. The van der Waals surface area contributed by atoms with Gasteiger partial charge in [-0.05, 0) is 30.9 Å². The highest BCUT2D eigenvalue weighted by molar-refractivity contribution is 9.09. The zero-order valence-corrected chi connectivity index (χ0v) is 13.4. The summed E-state index contributed by atoms with van der Waals surface area (Å²) in [7, 11) is 0. The van der Waals surface area contributed by atoms with Crippen LogP contribution < -0.4 is 5.32 Å². The van der Waals surface area contributed by atoms with Crippen molar-refractivity contribution in [3.63, 3.8) is 0 Å². The monoisotopic (exact) mass is 342 g/mol. The second kappa shape index (κ2) is 7.38. The molecule has 20 heavy (non-hydrogen) atoms. The number of nitro groups is 1. The van der Waals surface area contributed by atoms with Gasteiger partial charge >= 0.3 is 0 Å². The van der Waals surface area contributed by atoms with E-state index in [-0.39, 0.29) is 17.3 Å². The van der Waals surface area contributed by atoms with Gasteiger partial charge in [0, 0.05) is 17.4 Å². The molecule has 0 radical (unpaired) electrons. The summed E-state index contributed by atoms with van der Waals surface area (Å²) in [6.45, 7) is 5.93. The second-order valence-electron chi connectivity index (χ2n) is 5.23. The van der Waals surface area contributed by atoms with Gasteiger partial charge in [-0.2, -0.15) is 0 Å². The number of nitrogens with one attached hydrogen (secondary N) is 1. The molecule has 0 aliphatic heterocycles.